The van der Waals surface area contributed by atoms with Crippen LogP contribution < -0.4 is 11.1 Å². The van der Waals surface area contributed by atoms with Gasteiger partial charge < -0.3 is 11.1 Å². The summed E-state index contributed by atoms with van der Waals surface area (Å²) in [6.07, 6.45) is 1.53. The summed E-state index contributed by atoms with van der Waals surface area (Å²) in [4.78, 5) is 14.3. The number of nitro groups is 1. The van der Waals surface area contributed by atoms with Crippen LogP contribution in [0.2, 0.25) is 0 Å². The first kappa shape index (κ1) is 11.4. The van der Waals surface area contributed by atoms with Crippen molar-refractivity contribution in [3.8, 4) is 0 Å². The van der Waals surface area contributed by atoms with Gasteiger partial charge in [0.15, 0.2) is 0 Å². The van der Waals surface area contributed by atoms with Crippen LogP contribution in [0.25, 0.3) is 0 Å². The van der Waals surface area contributed by atoms with Crippen molar-refractivity contribution in [3.05, 3.63) is 27.9 Å². The fraction of sp³-hybridized carbons (Fsp3) is 0.444. The van der Waals surface area contributed by atoms with Crippen LogP contribution in [0.3, 0.4) is 0 Å². The Morgan fingerprint density at radius 2 is 2.40 bits per heavy atom. The molecule has 15 heavy (non-hydrogen) atoms. The molecule has 0 amide bonds. The molecule has 0 fully saturated rings. The Balaban J connectivity index is 2.96. The van der Waals surface area contributed by atoms with Gasteiger partial charge in [-0.3, -0.25) is 10.1 Å². The van der Waals surface area contributed by atoms with E-state index in [1.54, 1.807) is 13.0 Å². The molecule has 1 unspecified atom stereocenters. The predicted molar refractivity (Wildman–Crippen MR) is 57.8 cm³/mol. The average molecular weight is 210 g/mol. The SMILES string of the molecule is Cc1ccnc(NCC(C)N)c1[N+](=O)[O-]. The second-order valence-electron chi connectivity index (χ2n) is 3.44. The molecule has 1 aromatic rings. The second kappa shape index (κ2) is 4.70. The third-order valence-corrected chi connectivity index (χ3v) is 1.90. The normalized spacial score (nSPS) is 12.2. The fourth-order valence-electron chi connectivity index (χ4n) is 1.17. The smallest absolute Gasteiger partial charge is 0.314 e. The van der Waals surface area contributed by atoms with Gasteiger partial charge in [0.05, 0.1) is 4.92 Å². The summed E-state index contributed by atoms with van der Waals surface area (Å²) in [5.41, 5.74) is 6.14. The molecule has 0 aromatic carbocycles. The molecule has 0 radical (unpaired) electrons. The first-order valence-corrected chi connectivity index (χ1v) is 4.62. The Hall–Kier alpha value is -1.69. The van der Waals surface area contributed by atoms with Crippen LogP contribution in [0.4, 0.5) is 11.5 Å². The van der Waals surface area contributed by atoms with E-state index in [9.17, 15) is 10.1 Å². The highest BCUT2D eigenvalue weighted by Crippen LogP contribution is 2.24. The number of anilines is 1. The molecule has 6 nitrogen and oxygen atoms in total. The molecule has 0 bridgehead atoms. The van der Waals surface area contributed by atoms with Gasteiger partial charge in [0.2, 0.25) is 5.82 Å². The molecule has 1 aromatic heterocycles. The Morgan fingerprint density at radius 3 is 2.93 bits per heavy atom. The van der Waals surface area contributed by atoms with Gasteiger partial charge in [-0.1, -0.05) is 0 Å². The zero-order valence-corrected chi connectivity index (χ0v) is 8.73. The van der Waals surface area contributed by atoms with Gasteiger partial charge in [-0.05, 0) is 19.9 Å². The minimum atomic E-state index is -0.439. The van der Waals surface area contributed by atoms with Gasteiger partial charge in [0.25, 0.3) is 0 Å². The molecule has 0 saturated heterocycles. The zero-order valence-electron chi connectivity index (χ0n) is 8.73. The first-order valence-electron chi connectivity index (χ1n) is 4.62. The number of hydrogen-bond acceptors (Lipinski definition) is 5. The van der Waals surface area contributed by atoms with E-state index in [0.29, 0.717) is 12.1 Å². The summed E-state index contributed by atoms with van der Waals surface area (Å²) >= 11 is 0. The Bertz CT molecular complexity index is 365. The third-order valence-electron chi connectivity index (χ3n) is 1.90. The van der Waals surface area contributed by atoms with Crippen molar-refractivity contribution < 1.29 is 4.92 Å². The summed E-state index contributed by atoms with van der Waals surface area (Å²) in [5, 5.41) is 13.6. The monoisotopic (exact) mass is 210 g/mol. The Kier molecular flexibility index (Phi) is 3.56. The molecule has 3 N–H and O–H groups in total. The van der Waals surface area contributed by atoms with Crippen LogP contribution in [0, 0.1) is 17.0 Å². The van der Waals surface area contributed by atoms with E-state index in [2.05, 4.69) is 10.3 Å². The molecule has 1 heterocycles. The van der Waals surface area contributed by atoms with Gasteiger partial charge in [-0.25, -0.2) is 4.98 Å². The maximum Gasteiger partial charge on any atom is 0.314 e. The summed E-state index contributed by atoms with van der Waals surface area (Å²) in [7, 11) is 0. The number of rotatable bonds is 4. The molecule has 0 spiro atoms. The van der Waals surface area contributed by atoms with Crippen LogP contribution in [-0.2, 0) is 0 Å². The number of nitrogens with one attached hydrogen (secondary N) is 1. The van der Waals surface area contributed by atoms with Crippen molar-refractivity contribution in [2.75, 3.05) is 11.9 Å². The molecule has 1 rings (SSSR count). The van der Waals surface area contributed by atoms with Crippen LogP contribution in [0.5, 0.6) is 0 Å². The molecule has 0 aliphatic rings. The number of pyridine rings is 1. The minimum Gasteiger partial charge on any atom is -0.363 e. The van der Waals surface area contributed by atoms with Gasteiger partial charge in [0.1, 0.15) is 0 Å². The maximum absolute atomic E-state index is 10.8. The molecule has 1 atom stereocenters. The lowest BCUT2D eigenvalue weighted by atomic mass is 10.2. The van der Waals surface area contributed by atoms with Crippen molar-refractivity contribution in [1.82, 2.24) is 4.98 Å². The van der Waals surface area contributed by atoms with Crippen LogP contribution in [0.15, 0.2) is 12.3 Å². The lowest BCUT2D eigenvalue weighted by Crippen LogP contribution is -2.25. The highest BCUT2D eigenvalue weighted by Gasteiger charge is 2.17. The van der Waals surface area contributed by atoms with Crippen molar-refractivity contribution >= 4 is 11.5 Å². The number of nitrogens with zero attached hydrogens (tertiary/aromatic N) is 2. The van der Waals surface area contributed by atoms with Gasteiger partial charge in [-0.15, -0.1) is 0 Å². The molecule has 0 aliphatic carbocycles. The summed E-state index contributed by atoms with van der Waals surface area (Å²) < 4.78 is 0. The molecular formula is C9H14N4O2. The lowest BCUT2D eigenvalue weighted by molar-refractivity contribution is -0.384. The summed E-state index contributed by atoms with van der Waals surface area (Å²) in [6, 6.07) is 1.53. The van der Waals surface area contributed by atoms with Gasteiger partial charge in [0, 0.05) is 24.3 Å². The van der Waals surface area contributed by atoms with Crippen molar-refractivity contribution in [2.45, 2.75) is 19.9 Å². The number of hydrogen-bond donors (Lipinski definition) is 2. The van der Waals surface area contributed by atoms with E-state index < -0.39 is 4.92 Å². The maximum atomic E-state index is 10.8. The van der Waals surface area contributed by atoms with Crippen molar-refractivity contribution in [2.24, 2.45) is 5.73 Å². The topological polar surface area (TPSA) is 94.1 Å². The standard InChI is InChI=1S/C9H14N4O2/c1-6-3-4-11-9(8(6)13(14)15)12-5-7(2)10/h3-4,7H,5,10H2,1-2H3,(H,11,12). The van der Waals surface area contributed by atoms with Crippen LogP contribution in [-0.4, -0.2) is 22.5 Å². The molecule has 6 heteroatoms. The minimum absolute atomic E-state index is 0.0122. The van der Waals surface area contributed by atoms with E-state index in [-0.39, 0.29) is 17.5 Å². The Morgan fingerprint density at radius 1 is 1.73 bits per heavy atom. The first-order chi connectivity index (χ1) is 7.02. The summed E-state index contributed by atoms with van der Waals surface area (Å²) in [5.74, 6) is 0.275. The van der Waals surface area contributed by atoms with Crippen molar-refractivity contribution in [1.29, 1.82) is 0 Å². The van der Waals surface area contributed by atoms with Gasteiger partial charge >= 0.3 is 5.69 Å². The van der Waals surface area contributed by atoms with E-state index in [0.717, 1.165) is 0 Å². The highest BCUT2D eigenvalue weighted by atomic mass is 16.6. The lowest BCUT2D eigenvalue weighted by Gasteiger charge is -2.09. The molecule has 82 valence electrons. The fourth-order valence-corrected chi connectivity index (χ4v) is 1.17. The zero-order chi connectivity index (χ0) is 11.4. The largest absolute Gasteiger partial charge is 0.363 e. The van der Waals surface area contributed by atoms with Crippen molar-refractivity contribution in [3.63, 3.8) is 0 Å². The van der Waals surface area contributed by atoms with E-state index >= 15 is 0 Å². The molecular weight excluding hydrogens is 196 g/mol. The number of nitrogens with two attached hydrogens (primary N) is 1. The summed E-state index contributed by atoms with van der Waals surface area (Å²) in [6.45, 7) is 3.95. The van der Waals surface area contributed by atoms with Crippen LogP contribution >= 0.6 is 0 Å². The predicted octanol–water partition coefficient (Wildman–Crippen LogP) is 1.06. The van der Waals surface area contributed by atoms with E-state index in [1.807, 2.05) is 6.92 Å². The molecule has 0 saturated carbocycles. The average Bonchev–Trinajstić information content (AvgIpc) is 2.13. The Labute approximate surface area is 87.7 Å². The molecule has 0 aliphatic heterocycles. The number of aromatic nitrogens is 1. The van der Waals surface area contributed by atoms with Gasteiger partial charge in [-0.2, -0.15) is 0 Å². The third kappa shape index (κ3) is 2.88. The van der Waals surface area contributed by atoms with E-state index in [1.165, 1.54) is 6.20 Å². The van der Waals surface area contributed by atoms with E-state index in [4.69, 9.17) is 5.73 Å². The van der Waals surface area contributed by atoms with Crippen LogP contribution in [0.1, 0.15) is 12.5 Å². The highest BCUT2D eigenvalue weighted by molar-refractivity contribution is 5.59. The quantitative estimate of drug-likeness (QED) is 0.572. The second-order valence-corrected chi connectivity index (χ2v) is 3.44. The number of aryl methyl sites for hydroxylation is 1.